The molecular formula is C23H28N4OS. The van der Waals surface area contributed by atoms with Crippen LogP contribution in [0.3, 0.4) is 0 Å². The van der Waals surface area contributed by atoms with Gasteiger partial charge in [0.25, 0.3) is 5.91 Å². The molecule has 5 nitrogen and oxygen atoms in total. The Bertz CT molecular complexity index is 968. The van der Waals surface area contributed by atoms with Gasteiger partial charge >= 0.3 is 0 Å². The van der Waals surface area contributed by atoms with Crippen molar-refractivity contribution in [2.24, 2.45) is 5.92 Å². The molecule has 2 fully saturated rings. The Labute approximate surface area is 175 Å². The van der Waals surface area contributed by atoms with Gasteiger partial charge in [-0.15, -0.1) is 11.3 Å². The molecule has 1 saturated heterocycles. The smallest absolute Gasteiger partial charge is 0.252 e. The predicted molar refractivity (Wildman–Crippen MR) is 119 cm³/mol. The summed E-state index contributed by atoms with van der Waals surface area (Å²) < 4.78 is 2.17. The second kappa shape index (κ2) is 8.20. The van der Waals surface area contributed by atoms with E-state index in [1.54, 1.807) is 11.3 Å². The van der Waals surface area contributed by atoms with E-state index in [9.17, 15) is 4.79 Å². The molecule has 3 aromatic heterocycles. The molecule has 1 N–H and O–H groups in total. The van der Waals surface area contributed by atoms with Crippen molar-refractivity contribution in [2.45, 2.75) is 19.3 Å². The van der Waals surface area contributed by atoms with Gasteiger partial charge in [0.15, 0.2) is 0 Å². The fourth-order valence-electron chi connectivity index (χ4n) is 4.16. The molecule has 0 unspecified atom stereocenters. The van der Waals surface area contributed by atoms with Crippen molar-refractivity contribution in [3.8, 4) is 0 Å². The molecule has 1 amide bonds. The number of carbonyl (C=O) groups is 1. The lowest BCUT2D eigenvalue weighted by atomic mass is 10.2. The lowest BCUT2D eigenvalue weighted by Crippen LogP contribution is -2.47. The number of thiophene rings is 1. The second-order valence-corrected chi connectivity index (χ2v) is 9.25. The first-order valence-electron chi connectivity index (χ1n) is 10.7. The van der Waals surface area contributed by atoms with Crippen molar-refractivity contribution in [1.82, 2.24) is 14.6 Å². The standard InChI is InChI=1S/C23H28N4OS/c28-23(24-10-9-21-2-1-15-29-21)19-5-6-20-7-8-22(27(20)17-19)26-13-11-25(12-14-26)16-18-3-4-18/h1-2,5-8,15,17-18H,3-4,9-14,16H2,(H,24,28). The first-order chi connectivity index (χ1) is 14.3. The first-order valence-corrected chi connectivity index (χ1v) is 11.5. The third kappa shape index (κ3) is 4.33. The molecule has 5 rings (SSSR count). The lowest BCUT2D eigenvalue weighted by molar-refractivity contribution is 0.0954. The Balaban J connectivity index is 1.24. The van der Waals surface area contributed by atoms with Gasteiger partial charge in [-0.25, -0.2) is 0 Å². The Morgan fingerprint density at radius 3 is 2.66 bits per heavy atom. The molecule has 2 aliphatic rings. The number of anilines is 1. The fraction of sp³-hybridized carbons (Fsp3) is 0.435. The summed E-state index contributed by atoms with van der Waals surface area (Å²) in [6, 6.07) is 12.5. The Morgan fingerprint density at radius 2 is 1.90 bits per heavy atom. The summed E-state index contributed by atoms with van der Waals surface area (Å²) >= 11 is 1.73. The van der Waals surface area contributed by atoms with Gasteiger partial charge in [0.1, 0.15) is 5.82 Å². The number of hydrogen-bond acceptors (Lipinski definition) is 4. The van der Waals surface area contributed by atoms with E-state index in [0.29, 0.717) is 12.1 Å². The minimum absolute atomic E-state index is 0.00245. The summed E-state index contributed by atoms with van der Waals surface area (Å²) in [7, 11) is 0. The van der Waals surface area contributed by atoms with Crippen LogP contribution in [0, 0.1) is 5.92 Å². The molecule has 1 aliphatic heterocycles. The fourth-order valence-corrected chi connectivity index (χ4v) is 4.87. The minimum Gasteiger partial charge on any atom is -0.355 e. The van der Waals surface area contributed by atoms with E-state index >= 15 is 0 Å². The minimum atomic E-state index is -0.00245. The number of aromatic nitrogens is 1. The maximum absolute atomic E-state index is 12.6. The van der Waals surface area contributed by atoms with Crippen molar-refractivity contribution >= 4 is 28.6 Å². The molecular weight excluding hydrogens is 380 g/mol. The predicted octanol–water partition coefficient (Wildman–Crippen LogP) is 3.51. The number of amides is 1. The van der Waals surface area contributed by atoms with Gasteiger partial charge in [0.2, 0.25) is 0 Å². The van der Waals surface area contributed by atoms with Gasteiger partial charge < -0.3 is 14.6 Å². The number of piperazine rings is 1. The van der Waals surface area contributed by atoms with Gasteiger partial charge in [-0.05, 0) is 60.9 Å². The van der Waals surface area contributed by atoms with Crippen molar-refractivity contribution in [2.75, 3.05) is 44.2 Å². The summed E-state index contributed by atoms with van der Waals surface area (Å²) in [6.45, 7) is 6.31. The first kappa shape index (κ1) is 18.7. The van der Waals surface area contributed by atoms with Crippen molar-refractivity contribution in [3.63, 3.8) is 0 Å². The zero-order valence-corrected chi connectivity index (χ0v) is 17.5. The summed E-state index contributed by atoms with van der Waals surface area (Å²) in [5.74, 6) is 2.15. The number of fused-ring (bicyclic) bond motifs is 1. The molecule has 1 aliphatic carbocycles. The van der Waals surface area contributed by atoms with Crippen LogP contribution in [-0.2, 0) is 6.42 Å². The van der Waals surface area contributed by atoms with Crippen LogP contribution in [0.4, 0.5) is 5.82 Å². The largest absolute Gasteiger partial charge is 0.355 e. The SMILES string of the molecule is O=C(NCCc1cccs1)c1ccc2ccc(N3CCN(CC4CC4)CC3)n2c1. The van der Waals surface area contributed by atoms with Crippen LogP contribution in [0.5, 0.6) is 0 Å². The lowest BCUT2D eigenvalue weighted by Gasteiger charge is -2.35. The molecule has 6 heteroatoms. The maximum atomic E-state index is 12.6. The third-order valence-electron chi connectivity index (χ3n) is 6.04. The molecule has 0 atom stereocenters. The molecule has 3 aromatic rings. The average molecular weight is 409 g/mol. The highest BCUT2D eigenvalue weighted by molar-refractivity contribution is 7.09. The maximum Gasteiger partial charge on any atom is 0.252 e. The van der Waals surface area contributed by atoms with E-state index in [-0.39, 0.29) is 5.91 Å². The van der Waals surface area contributed by atoms with Gasteiger partial charge in [-0.1, -0.05) is 6.07 Å². The molecule has 0 aromatic carbocycles. The third-order valence-corrected chi connectivity index (χ3v) is 6.98. The van der Waals surface area contributed by atoms with Crippen molar-refractivity contribution < 1.29 is 4.79 Å². The van der Waals surface area contributed by atoms with Crippen LogP contribution in [0.1, 0.15) is 28.1 Å². The quantitative estimate of drug-likeness (QED) is 0.650. The van der Waals surface area contributed by atoms with Crippen LogP contribution in [0.2, 0.25) is 0 Å². The molecule has 29 heavy (non-hydrogen) atoms. The average Bonchev–Trinajstić information content (AvgIpc) is 3.24. The van der Waals surface area contributed by atoms with Crippen LogP contribution < -0.4 is 10.2 Å². The van der Waals surface area contributed by atoms with Crippen LogP contribution in [0.15, 0.2) is 48.0 Å². The topological polar surface area (TPSA) is 40.0 Å². The molecule has 152 valence electrons. The van der Waals surface area contributed by atoms with Gasteiger partial charge in [0, 0.05) is 55.9 Å². The highest BCUT2D eigenvalue weighted by Gasteiger charge is 2.27. The Morgan fingerprint density at radius 1 is 1.07 bits per heavy atom. The molecule has 0 bridgehead atoms. The van der Waals surface area contributed by atoms with Crippen LogP contribution in [0.25, 0.3) is 5.52 Å². The normalized spacial score (nSPS) is 17.7. The number of nitrogens with zero attached hydrogens (tertiary/aromatic N) is 3. The highest BCUT2D eigenvalue weighted by atomic mass is 32.1. The summed E-state index contributed by atoms with van der Waals surface area (Å²) in [5.41, 5.74) is 1.85. The second-order valence-electron chi connectivity index (χ2n) is 8.22. The Hall–Kier alpha value is -2.31. The van der Waals surface area contributed by atoms with Crippen LogP contribution in [-0.4, -0.2) is 54.5 Å². The molecule has 4 heterocycles. The van der Waals surface area contributed by atoms with Gasteiger partial charge in [0.05, 0.1) is 5.56 Å². The molecule has 0 radical (unpaired) electrons. The van der Waals surface area contributed by atoms with E-state index in [1.807, 2.05) is 18.3 Å². The van der Waals surface area contributed by atoms with Crippen molar-refractivity contribution in [1.29, 1.82) is 0 Å². The van der Waals surface area contributed by atoms with Gasteiger partial charge in [-0.3, -0.25) is 9.69 Å². The summed E-state index contributed by atoms with van der Waals surface area (Å²) in [4.78, 5) is 19.0. The number of rotatable bonds is 7. The number of carbonyl (C=O) groups excluding carboxylic acids is 1. The van der Waals surface area contributed by atoms with Gasteiger partial charge in [-0.2, -0.15) is 0 Å². The van der Waals surface area contributed by atoms with E-state index in [0.717, 1.165) is 44.0 Å². The number of pyridine rings is 1. The van der Waals surface area contributed by atoms with Crippen molar-refractivity contribution in [3.05, 3.63) is 58.4 Å². The highest BCUT2D eigenvalue weighted by Crippen LogP contribution is 2.30. The monoisotopic (exact) mass is 408 g/mol. The van der Waals surface area contributed by atoms with E-state index in [4.69, 9.17) is 0 Å². The number of nitrogens with one attached hydrogen (secondary N) is 1. The van der Waals surface area contributed by atoms with E-state index in [2.05, 4.69) is 49.2 Å². The van der Waals surface area contributed by atoms with Crippen LogP contribution >= 0.6 is 11.3 Å². The molecule has 0 spiro atoms. The molecule has 1 saturated carbocycles. The zero-order chi connectivity index (χ0) is 19.6. The van der Waals surface area contributed by atoms with E-state index < -0.39 is 0 Å². The summed E-state index contributed by atoms with van der Waals surface area (Å²) in [6.07, 6.45) is 5.71. The number of hydrogen-bond donors (Lipinski definition) is 1. The van der Waals surface area contributed by atoms with E-state index in [1.165, 1.54) is 30.1 Å². The summed E-state index contributed by atoms with van der Waals surface area (Å²) in [5, 5.41) is 5.13. The Kier molecular flexibility index (Phi) is 5.29. The zero-order valence-electron chi connectivity index (χ0n) is 16.7.